The van der Waals surface area contributed by atoms with E-state index in [4.69, 9.17) is 0 Å². The van der Waals surface area contributed by atoms with E-state index in [1.807, 2.05) is 6.92 Å². The molecule has 3 fully saturated rings. The Morgan fingerprint density at radius 2 is 2.00 bits per heavy atom. The molecule has 2 atom stereocenters. The van der Waals surface area contributed by atoms with Gasteiger partial charge in [-0.3, -0.25) is 9.59 Å². The summed E-state index contributed by atoms with van der Waals surface area (Å²) in [5.74, 6) is -0.455. The SMILES string of the molecule is CC1CC(O)(NC(=O)CN2C[C@]3(C[C@H]3F)c3cc(C4(F)CC4)ccc3C2=O)C1. The molecule has 3 saturated carbocycles. The Balaban J connectivity index is 1.38. The molecule has 28 heavy (non-hydrogen) atoms. The van der Waals surface area contributed by atoms with Gasteiger partial charge in [-0.15, -0.1) is 0 Å². The zero-order valence-corrected chi connectivity index (χ0v) is 15.8. The summed E-state index contributed by atoms with van der Waals surface area (Å²) in [7, 11) is 0. The topological polar surface area (TPSA) is 69.6 Å². The molecule has 0 bridgehead atoms. The highest BCUT2D eigenvalue weighted by atomic mass is 19.1. The highest BCUT2D eigenvalue weighted by Crippen LogP contribution is 2.57. The smallest absolute Gasteiger partial charge is 0.254 e. The molecule has 3 aliphatic carbocycles. The van der Waals surface area contributed by atoms with E-state index in [1.54, 1.807) is 18.2 Å². The molecular weight excluding hydrogens is 366 g/mol. The van der Waals surface area contributed by atoms with Crippen LogP contribution in [0.2, 0.25) is 0 Å². The highest BCUT2D eigenvalue weighted by Gasteiger charge is 2.61. The van der Waals surface area contributed by atoms with E-state index in [0.29, 0.717) is 48.3 Å². The van der Waals surface area contributed by atoms with Gasteiger partial charge in [-0.25, -0.2) is 8.78 Å². The zero-order chi connectivity index (χ0) is 19.9. The number of carbonyl (C=O) groups excluding carboxylic acids is 2. The summed E-state index contributed by atoms with van der Waals surface area (Å²) in [5, 5.41) is 12.8. The van der Waals surface area contributed by atoms with E-state index in [-0.39, 0.29) is 25.4 Å². The molecule has 5 nitrogen and oxygen atoms in total. The van der Waals surface area contributed by atoms with Crippen molar-refractivity contribution in [3.8, 4) is 0 Å². The maximum Gasteiger partial charge on any atom is 0.254 e. The number of halogens is 2. The molecule has 4 aliphatic rings. The summed E-state index contributed by atoms with van der Waals surface area (Å²) in [6.45, 7) is 1.87. The minimum absolute atomic E-state index is 0.102. The normalized spacial score (nSPS) is 37.3. The molecule has 1 aliphatic heterocycles. The van der Waals surface area contributed by atoms with Crippen LogP contribution in [-0.4, -0.2) is 46.8 Å². The summed E-state index contributed by atoms with van der Waals surface area (Å²) in [6, 6.07) is 4.84. The molecule has 0 unspecified atom stereocenters. The van der Waals surface area contributed by atoms with Crippen molar-refractivity contribution in [2.45, 2.75) is 62.0 Å². The summed E-state index contributed by atoms with van der Waals surface area (Å²) in [6.07, 6.45) is 1.06. The molecule has 1 spiro atoms. The molecule has 1 aromatic carbocycles. The number of fused-ring (bicyclic) bond motifs is 2. The number of rotatable bonds is 4. The van der Waals surface area contributed by atoms with Crippen molar-refractivity contribution >= 4 is 11.8 Å². The summed E-state index contributed by atoms with van der Waals surface area (Å²) < 4.78 is 28.9. The van der Waals surface area contributed by atoms with Gasteiger partial charge in [0.2, 0.25) is 5.91 Å². The first-order valence-electron chi connectivity index (χ1n) is 9.95. The van der Waals surface area contributed by atoms with Gasteiger partial charge in [0.25, 0.3) is 5.91 Å². The van der Waals surface area contributed by atoms with Gasteiger partial charge in [-0.05, 0) is 55.2 Å². The highest BCUT2D eigenvalue weighted by molar-refractivity contribution is 6.00. The second-order valence-corrected chi connectivity index (χ2v) is 9.31. The van der Waals surface area contributed by atoms with Gasteiger partial charge in [0.15, 0.2) is 0 Å². The number of amides is 2. The lowest BCUT2D eigenvalue weighted by atomic mass is 9.78. The average Bonchev–Trinajstić information content (AvgIpc) is 3.49. The monoisotopic (exact) mass is 390 g/mol. The predicted molar refractivity (Wildman–Crippen MR) is 97.0 cm³/mol. The molecule has 1 aromatic rings. The standard InChI is InChI=1S/C21H24F2N2O3/c1-12-7-21(28,8-12)24-17(26)10-25-11-19(9-16(19)22)15-6-13(20(23)4-5-20)2-3-14(15)18(25)27/h2-3,6,12,16,28H,4-5,7-11H2,1H3,(H,24,26)/t12?,16-,19-,21?/m1/s1. The van der Waals surface area contributed by atoms with Crippen LogP contribution in [0.4, 0.5) is 8.78 Å². The molecule has 2 amide bonds. The van der Waals surface area contributed by atoms with E-state index < -0.39 is 28.9 Å². The molecular formula is C21H24F2N2O3. The second-order valence-electron chi connectivity index (χ2n) is 9.31. The molecule has 0 radical (unpaired) electrons. The summed E-state index contributed by atoms with van der Waals surface area (Å²) in [4.78, 5) is 26.7. The van der Waals surface area contributed by atoms with Gasteiger partial charge < -0.3 is 15.3 Å². The minimum Gasteiger partial charge on any atom is -0.371 e. The molecule has 7 heteroatoms. The minimum atomic E-state index is -1.34. The first-order valence-corrected chi connectivity index (χ1v) is 9.95. The van der Waals surface area contributed by atoms with Crippen molar-refractivity contribution in [1.29, 1.82) is 0 Å². The van der Waals surface area contributed by atoms with Crippen molar-refractivity contribution < 1.29 is 23.5 Å². The van der Waals surface area contributed by atoms with Crippen LogP contribution in [-0.2, 0) is 15.9 Å². The maximum absolute atomic E-state index is 14.5. The number of benzene rings is 1. The maximum atomic E-state index is 14.5. The number of hydrogen-bond donors (Lipinski definition) is 2. The van der Waals surface area contributed by atoms with Crippen LogP contribution in [0.25, 0.3) is 0 Å². The van der Waals surface area contributed by atoms with Gasteiger partial charge in [0.05, 0.1) is 6.54 Å². The molecule has 1 heterocycles. The van der Waals surface area contributed by atoms with E-state index in [2.05, 4.69) is 5.32 Å². The molecule has 2 N–H and O–H groups in total. The number of aliphatic hydroxyl groups is 1. The lowest BCUT2D eigenvalue weighted by Crippen LogP contribution is -2.59. The number of nitrogens with one attached hydrogen (secondary N) is 1. The number of hydrogen-bond acceptors (Lipinski definition) is 3. The summed E-state index contributed by atoms with van der Waals surface area (Å²) >= 11 is 0. The Hall–Kier alpha value is -2.02. The van der Waals surface area contributed by atoms with Crippen molar-refractivity contribution in [3.05, 3.63) is 34.9 Å². The lowest BCUT2D eigenvalue weighted by molar-refractivity contribution is -0.141. The van der Waals surface area contributed by atoms with Crippen molar-refractivity contribution in [2.24, 2.45) is 5.92 Å². The fourth-order valence-corrected chi connectivity index (χ4v) is 4.99. The Morgan fingerprint density at radius 3 is 2.57 bits per heavy atom. The average molecular weight is 390 g/mol. The number of carbonyl (C=O) groups is 2. The van der Waals surface area contributed by atoms with Gasteiger partial charge in [-0.1, -0.05) is 19.1 Å². The van der Waals surface area contributed by atoms with Crippen LogP contribution in [0.3, 0.4) is 0 Å². The first kappa shape index (κ1) is 18.0. The lowest BCUT2D eigenvalue weighted by Gasteiger charge is -2.43. The third kappa shape index (κ3) is 2.66. The van der Waals surface area contributed by atoms with Crippen LogP contribution in [0, 0.1) is 5.92 Å². The van der Waals surface area contributed by atoms with Crippen LogP contribution >= 0.6 is 0 Å². The predicted octanol–water partition coefficient (Wildman–Crippen LogP) is 2.32. The van der Waals surface area contributed by atoms with Crippen LogP contribution < -0.4 is 5.32 Å². The van der Waals surface area contributed by atoms with Crippen molar-refractivity contribution in [3.63, 3.8) is 0 Å². The Bertz CT molecular complexity index is 878. The van der Waals surface area contributed by atoms with Gasteiger partial charge in [0, 0.05) is 17.5 Å². The fourth-order valence-electron chi connectivity index (χ4n) is 4.99. The Morgan fingerprint density at radius 1 is 1.32 bits per heavy atom. The largest absolute Gasteiger partial charge is 0.371 e. The third-order valence-electron chi connectivity index (χ3n) is 6.81. The van der Waals surface area contributed by atoms with Gasteiger partial charge >= 0.3 is 0 Å². The van der Waals surface area contributed by atoms with Crippen LogP contribution in [0.5, 0.6) is 0 Å². The van der Waals surface area contributed by atoms with Gasteiger partial charge in [-0.2, -0.15) is 0 Å². The van der Waals surface area contributed by atoms with Crippen LogP contribution in [0.1, 0.15) is 60.5 Å². The molecule has 0 saturated heterocycles. The molecule has 5 rings (SSSR count). The molecule has 150 valence electrons. The fraction of sp³-hybridized carbons (Fsp3) is 0.619. The number of alkyl halides is 2. The van der Waals surface area contributed by atoms with E-state index >= 15 is 0 Å². The first-order chi connectivity index (χ1) is 13.1. The number of nitrogens with zero attached hydrogens (tertiary/aromatic N) is 1. The second kappa shape index (κ2) is 5.53. The van der Waals surface area contributed by atoms with Crippen molar-refractivity contribution in [2.75, 3.05) is 13.1 Å². The van der Waals surface area contributed by atoms with Crippen molar-refractivity contribution in [1.82, 2.24) is 10.2 Å². The van der Waals surface area contributed by atoms with E-state index in [0.717, 1.165) is 0 Å². The van der Waals surface area contributed by atoms with E-state index in [9.17, 15) is 23.5 Å². The Labute approximate surface area is 162 Å². The third-order valence-corrected chi connectivity index (χ3v) is 6.81. The van der Waals surface area contributed by atoms with E-state index in [1.165, 1.54) is 4.90 Å². The van der Waals surface area contributed by atoms with Crippen LogP contribution in [0.15, 0.2) is 18.2 Å². The zero-order valence-electron chi connectivity index (χ0n) is 15.8. The molecule has 0 aromatic heterocycles. The Kier molecular flexibility index (Phi) is 3.56. The van der Waals surface area contributed by atoms with Gasteiger partial charge in [0.1, 0.15) is 17.6 Å². The summed E-state index contributed by atoms with van der Waals surface area (Å²) in [5.41, 5.74) is -1.94. The quantitative estimate of drug-likeness (QED) is 0.776.